The molecular weight excluding hydrogens is 382 g/mol. The number of allylic oxidation sites excluding steroid dienone is 1. The van der Waals surface area contributed by atoms with Crippen molar-refractivity contribution in [2.24, 2.45) is 0 Å². The lowest BCUT2D eigenvalue weighted by Crippen LogP contribution is -2.31. The molecule has 0 aliphatic carbocycles. The van der Waals surface area contributed by atoms with Crippen molar-refractivity contribution in [3.05, 3.63) is 64.1 Å². The third kappa shape index (κ3) is 5.64. The van der Waals surface area contributed by atoms with E-state index < -0.39 is 0 Å². The van der Waals surface area contributed by atoms with Crippen molar-refractivity contribution in [2.75, 3.05) is 20.8 Å². The Hall–Kier alpha value is -2.27. The molecule has 2 aromatic rings. The molecule has 0 fully saturated rings. The predicted octanol–water partition coefficient (Wildman–Crippen LogP) is 4.53. The fourth-order valence-electron chi connectivity index (χ4n) is 2.30. The van der Waals surface area contributed by atoms with E-state index in [9.17, 15) is 4.79 Å². The van der Waals surface area contributed by atoms with Crippen molar-refractivity contribution >= 4 is 27.9 Å². The van der Waals surface area contributed by atoms with Crippen molar-refractivity contribution in [1.29, 1.82) is 0 Å². The standard InChI is InChI=1S/C20H22BrNO3/c1-4-5-15-8-11-18(19(12-15)24-3)25-14-20(23)22(2)13-16-6-9-17(21)10-7-16/h4-12H,13-14H2,1-3H3/b5-4+. The van der Waals surface area contributed by atoms with E-state index in [0.717, 1.165) is 15.6 Å². The molecule has 0 spiro atoms. The molecule has 1 amide bonds. The highest BCUT2D eigenvalue weighted by molar-refractivity contribution is 9.10. The minimum absolute atomic E-state index is 0.0354. The molecule has 132 valence electrons. The number of ether oxygens (including phenoxy) is 2. The lowest BCUT2D eigenvalue weighted by Gasteiger charge is -2.18. The van der Waals surface area contributed by atoms with Crippen LogP contribution < -0.4 is 9.47 Å². The molecule has 0 N–H and O–H groups in total. The van der Waals surface area contributed by atoms with Crippen LogP contribution in [0.15, 0.2) is 53.0 Å². The molecule has 0 heterocycles. The minimum atomic E-state index is -0.0949. The number of hydrogen-bond donors (Lipinski definition) is 0. The third-order valence-corrected chi connectivity index (χ3v) is 4.19. The van der Waals surface area contributed by atoms with Gasteiger partial charge in [-0.1, -0.05) is 46.3 Å². The fraction of sp³-hybridized carbons (Fsp3) is 0.250. The van der Waals surface area contributed by atoms with E-state index in [0.29, 0.717) is 18.0 Å². The zero-order valence-corrected chi connectivity index (χ0v) is 16.2. The van der Waals surface area contributed by atoms with Gasteiger partial charge in [0.05, 0.1) is 7.11 Å². The number of methoxy groups -OCH3 is 1. The van der Waals surface area contributed by atoms with Gasteiger partial charge in [-0.3, -0.25) is 4.79 Å². The van der Waals surface area contributed by atoms with Gasteiger partial charge in [-0.25, -0.2) is 0 Å². The summed E-state index contributed by atoms with van der Waals surface area (Å²) in [5, 5.41) is 0. The quantitative estimate of drug-likeness (QED) is 0.681. The normalized spacial score (nSPS) is 10.7. The first-order chi connectivity index (χ1) is 12.0. The zero-order chi connectivity index (χ0) is 18.2. The molecular formula is C20H22BrNO3. The van der Waals surface area contributed by atoms with Crippen LogP contribution >= 0.6 is 15.9 Å². The Labute approximate surface area is 157 Å². The number of rotatable bonds is 7. The summed E-state index contributed by atoms with van der Waals surface area (Å²) in [6.45, 7) is 2.45. The molecule has 0 bridgehead atoms. The Kier molecular flexibility index (Phi) is 7.07. The van der Waals surface area contributed by atoms with Crippen LogP contribution in [0.25, 0.3) is 6.08 Å². The van der Waals surface area contributed by atoms with Crippen LogP contribution in [-0.4, -0.2) is 31.6 Å². The maximum Gasteiger partial charge on any atom is 0.260 e. The summed E-state index contributed by atoms with van der Waals surface area (Å²) in [7, 11) is 3.35. The van der Waals surface area contributed by atoms with E-state index >= 15 is 0 Å². The van der Waals surface area contributed by atoms with Crippen LogP contribution in [0.2, 0.25) is 0 Å². The van der Waals surface area contributed by atoms with E-state index in [4.69, 9.17) is 9.47 Å². The van der Waals surface area contributed by atoms with Crippen LogP contribution in [0.1, 0.15) is 18.1 Å². The molecule has 2 rings (SSSR count). The van der Waals surface area contributed by atoms with Crippen LogP contribution in [0.4, 0.5) is 0 Å². The van der Waals surface area contributed by atoms with Gasteiger partial charge in [-0.15, -0.1) is 0 Å². The highest BCUT2D eigenvalue weighted by atomic mass is 79.9. The maximum atomic E-state index is 12.3. The molecule has 0 saturated heterocycles. The van der Waals surface area contributed by atoms with E-state index in [1.54, 1.807) is 19.1 Å². The van der Waals surface area contributed by atoms with Gasteiger partial charge in [-0.05, 0) is 42.3 Å². The summed E-state index contributed by atoms with van der Waals surface area (Å²) in [5.74, 6) is 1.07. The molecule has 0 aliphatic heterocycles. The van der Waals surface area contributed by atoms with Crippen molar-refractivity contribution in [2.45, 2.75) is 13.5 Å². The number of carbonyl (C=O) groups is 1. The topological polar surface area (TPSA) is 38.8 Å². The molecule has 0 radical (unpaired) electrons. The average molecular weight is 404 g/mol. The summed E-state index contributed by atoms with van der Waals surface area (Å²) in [6, 6.07) is 13.5. The molecule has 4 nitrogen and oxygen atoms in total. The predicted molar refractivity (Wildman–Crippen MR) is 104 cm³/mol. The Morgan fingerprint density at radius 3 is 2.52 bits per heavy atom. The van der Waals surface area contributed by atoms with E-state index in [-0.39, 0.29) is 12.5 Å². The van der Waals surface area contributed by atoms with Gasteiger partial charge in [0.2, 0.25) is 0 Å². The first-order valence-electron chi connectivity index (χ1n) is 7.95. The molecule has 2 aromatic carbocycles. The second-order valence-corrected chi connectivity index (χ2v) is 6.49. The van der Waals surface area contributed by atoms with Crippen LogP contribution in [0.5, 0.6) is 11.5 Å². The first-order valence-corrected chi connectivity index (χ1v) is 8.74. The highest BCUT2D eigenvalue weighted by Crippen LogP contribution is 2.28. The van der Waals surface area contributed by atoms with Crippen LogP contribution in [0, 0.1) is 0 Å². The Balaban J connectivity index is 1.95. The smallest absolute Gasteiger partial charge is 0.260 e. The number of amides is 1. The highest BCUT2D eigenvalue weighted by Gasteiger charge is 2.12. The molecule has 0 saturated carbocycles. The Morgan fingerprint density at radius 2 is 1.88 bits per heavy atom. The third-order valence-electron chi connectivity index (χ3n) is 3.66. The number of nitrogens with zero attached hydrogens (tertiary/aromatic N) is 1. The van der Waals surface area contributed by atoms with Gasteiger partial charge in [0.25, 0.3) is 5.91 Å². The average Bonchev–Trinajstić information content (AvgIpc) is 2.62. The second kappa shape index (κ2) is 9.28. The van der Waals surface area contributed by atoms with Crippen molar-refractivity contribution < 1.29 is 14.3 Å². The number of carbonyl (C=O) groups excluding carboxylic acids is 1. The number of halogens is 1. The van der Waals surface area contributed by atoms with Gasteiger partial charge in [-0.2, -0.15) is 0 Å². The summed E-state index contributed by atoms with van der Waals surface area (Å²) in [5.41, 5.74) is 2.08. The van der Waals surface area contributed by atoms with Gasteiger partial charge < -0.3 is 14.4 Å². The monoisotopic (exact) mass is 403 g/mol. The van der Waals surface area contributed by atoms with Crippen molar-refractivity contribution in [3.63, 3.8) is 0 Å². The van der Waals surface area contributed by atoms with Crippen LogP contribution in [0.3, 0.4) is 0 Å². The first kappa shape index (κ1) is 19.1. The van der Waals surface area contributed by atoms with Gasteiger partial charge in [0, 0.05) is 18.1 Å². The van der Waals surface area contributed by atoms with E-state index in [1.807, 2.05) is 61.5 Å². The Morgan fingerprint density at radius 1 is 1.16 bits per heavy atom. The second-order valence-electron chi connectivity index (χ2n) is 5.58. The molecule has 0 atom stereocenters. The van der Waals surface area contributed by atoms with E-state index in [1.165, 1.54) is 0 Å². The number of hydrogen-bond acceptors (Lipinski definition) is 3. The van der Waals surface area contributed by atoms with Gasteiger partial charge in [0.1, 0.15) is 0 Å². The SMILES string of the molecule is C/C=C/c1ccc(OCC(=O)N(C)Cc2ccc(Br)cc2)c(OC)c1. The van der Waals surface area contributed by atoms with Crippen LogP contribution in [-0.2, 0) is 11.3 Å². The Bertz CT molecular complexity index is 741. The largest absolute Gasteiger partial charge is 0.493 e. The fourth-order valence-corrected chi connectivity index (χ4v) is 2.57. The van der Waals surface area contributed by atoms with Crippen molar-refractivity contribution in [3.8, 4) is 11.5 Å². The summed E-state index contributed by atoms with van der Waals surface area (Å²) >= 11 is 3.40. The molecule has 0 unspecified atom stereocenters. The molecule has 0 aliphatic rings. The van der Waals surface area contributed by atoms with Crippen molar-refractivity contribution in [1.82, 2.24) is 4.90 Å². The van der Waals surface area contributed by atoms with Gasteiger partial charge >= 0.3 is 0 Å². The molecule has 0 aromatic heterocycles. The zero-order valence-electron chi connectivity index (χ0n) is 14.7. The lowest BCUT2D eigenvalue weighted by atomic mass is 10.2. The lowest BCUT2D eigenvalue weighted by molar-refractivity contribution is -0.132. The summed E-state index contributed by atoms with van der Waals surface area (Å²) in [6.07, 6.45) is 3.93. The molecule has 25 heavy (non-hydrogen) atoms. The minimum Gasteiger partial charge on any atom is -0.493 e. The van der Waals surface area contributed by atoms with E-state index in [2.05, 4.69) is 15.9 Å². The number of benzene rings is 2. The molecule has 5 heteroatoms. The summed E-state index contributed by atoms with van der Waals surface area (Å²) < 4.78 is 12.0. The summed E-state index contributed by atoms with van der Waals surface area (Å²) in [4.78, 5) is 13.9. The number of likely N-dealkylation sites (N-methyl/N-ethyl adjacent to an activating group) is 1. The van der Waals surface area contributed by atoms with Gasteiger partial charge in [0.15, 0.2) is 18.1 Å². The maximum absolute atomic E-state index is 12.3.